The molecule has 3 nitrogen and oxygen atoms in total. The number of rotatable bonds is 2. The first-order valence-electron chi connectivity index (χ1n) is 5.09. The lowest BCUT2D eigenvalue weighted by atomic mass is 10.00. The zero-order valence-corrected chi connectivity index (χ0v) is 9.31. The summed E-state index contributed by atoms with van der Waals surface area (Å²) >= 11 is 0. The molecule has 0 radical (unpaired) electrons. The van der Waals surface area contributed by atoms with Gasteiger partial charge in [-0.2, -0.15) is 5.10 Å². The summed E-state index contributed by atoms with van der Waals surface area (Å²) in [6, 6.07) is 6.18. The van der Waals surface area contributed by atoms with Gasteiger partial charge in [0, 0.05) is 13.2 Å². The number of benzene rings is 1. The van der Waals surface area contributed by atoms with Gasteiger partial charge in [-0.25, -0.2) is 4.39 Å². The molecule has 0 saturated heterocycles. The van der Waals surface area contributed by atoms with Gasteiger partial charge in [0.25, 0.3) is 0 Å². The Balaban J connectivity index is 2.37. The number of hydrogen-bond donors (Lipinski definition) is 1. The topological polar surface area (TPSA) is 43.8 Å². The van der Waals surface area contributed by atoms with Crippen molar-refractivity contribution >= 4 is 0 Å². The van der Waals surface area contributed by atoms with Crippen molar-refractivity contribution in [2.24, 2.45) is 12.8 Å². The van der Waals surface area contributed by atoms with Crippen LogP contribution in [0.15, 0.2) is 30.5 Å². The normalized spacial score (nSPS) is 12.8. The van der Waals surface area contributed by atoms with Crippen molar-refractivity contribution in [3.8, 4) is 0 Å². The van der Waals surface area contributed by atoms with Crippen molar-refractivity contribution in [3.05, 3.63) is 53.1 Å². The fourth-order valence-corrected chi connectivity index (χ4v) is 1.75. The molecule has 1 aromatic carbocycles. The summed E-state index contributed by atoms with van der Waals surface area (Å²) in [6.45, 7) is 1.85. The Labute approximate surface area is 93.7 Å². The highest BCUT2D eigenvalue weighted by Gasteiger charge is 2.14. The Morgan fingerprint density at radius 3 is 2.69 bits per heavy atom. The van der Waals surface area contributed by atoms with Gasteiger partial charge in [-0.15, -0.1) is 0 Å². The molecule has 1 heterocycles. The molecule has 1 unspecified atom stereocenters. The van der Waals surface area contributed by atoms with Gasteiger partial charge in [0.1, 0.15) is 5.82 Å². The molecule has 0 fully saturated rings. The lowest BCUT2D eigenvalue weighted by Crippen LogP contribution is -2.14. The lowest BCUT2D eigenvalue weighted by Gasteiger charge is -2.12. The van der Waals surface area contributed by atoms with Gasteiger partial charge < -0.3 is 5.73 Å². The SMILES string of the molecule is Cc1cc(F)ccc1C(N)c1ccn(C)n1. The second-order valence-electron chi connectivity index (χ2n) is 3.89. The minimum absolute atomic E-state index is 0.241. The molecule has 4 heteroatoms. The molecule has 1 atom stereocenters. The maximum absolute atomic E-state index is 13.0. The Kier molecular flexibility index (Phi) is 2.75. The molecule has 0 aliphatic carbocycles. The van der Waals surface area contributed by atoms with Crippen LogP contribution in [0.5, 0.6) is 0 Å². The molecule has 0 bridgehead atoms. The van der Waals surface area contributed by atoms with Gasteiger partial charge in [-0.05, 0) is 36.2 Å². The molecular formula is C12H14FN3. The van der Waals surface area contributed by atoms with Crippen LogP contribution in [0.25, 0.3) is 0 Å². The van der Waals surface area contributed by atoms with E-state index in [9.17, 15) is 4.39 Å². The van der Waals surface area contributed by atoms with Crippen molar-refractivity contribution in [3.63, 3.8) is 0 Å². The predicted molar refractivity (Wildman–Crippen MR) is 60.4 cm³/mol. The van der Waals surface area contributed by atoms with E-state index < -0.39 is 0 Å². The highest BCUT2D eigenvalue weighted by molar-refractivity contribution is 5.33. The molecule has 16 heavy (non-hydrogen) atoms. The third kappa shape index (κ3) is 1.97. The average molecular weight is 219 g/mol. The lowest BCUT2D eigenvalue weighted by molar-refractivity contribution is 0.624. The molecular weight excluding hydrogens is 205 g/mol. The minimum atomic E-state index is -0.304. The molecule has 2 rings (SSSR count). The highest BCUT2D eigenvalue weighted by atomic mass is 19.1. The first-order valence-corrected chi connectivity index (χ1v) is 5.09. The van der Waals surface area contributed by atoms with Gasteiger partial charge in [-0.3, -0.25) is 4.68 Å². The molecule has 0 aliphatic heterocycles. The molecule has 1 aromatic heterocycles. The largest absolute Gasteiger partial charge is 0.319 e. The van der Waals surface area contributed by atoms with Crippen LogP contribution in [-0.2, 0) is 7.05 Å². The Bertz CT molecular complexity index is 505. The van der Waals surface area contributed by atoms with Crippen LogP contribution in [0.1, 0.15) is 22.9 Å². The van der Waals surface area contributed by atoms with E-state index in [-0.39, 0.29) is 11.9 Å². The second-order valence-corrected chi connectivity index (χ2v) is 3.89. The summed E-state index contributed by atoms with van der Waals surface area (Å²) in [5.41, 5.74) is 8.62. The summed E-state index contributed by atoms with van der Waals surface area (Å²) in [5.74, 6) is -0.241. The summed E-state index contributed by atoms with van der Waals surface area (Å²) in [7, 11) is 1.84. The van der Waals surface area contributed by atoms with Crippen LogP contribution >= 0.6 is 0 Å². The number of hydrogen-bond acceptors (Lipinski definition) is 2. The summed E-state index contributed by atoms with van der Waals surface area (Å²) < 4.78 is 14.7. The van der Waals surface area contributed by atoms with Crippen LogP contribution in [0.4, 0.5) is 4.39 Å². The van der Waals surface area contributed by atoms with E-state index in [0.29, 0.717) is 0 Å². The number of nitrogens with zero attached hydrogens (tertiary/aromatic N) is 2. The molecule has 0 saturated carbocycles. The highest BCUT2D eigenvalue weighted by Crippen LogP contribution is 2.21. The standard InChI is InChI=1S/C12H14FN3/c1-8-7-9(13)3-4-10(8)12(14)11-5-6-16(2)15-11/h3-7,12H,14H2,1-2H3. The smallest absolute Gasteiger partial charge is 0.123 e. The maximum atomic E-state index is 13.0. The Hall–Kier alpha value is -1.68. The van der Waals surface area contributed by atoms with E-state index >= 15 is 0 Å². The van der Waals surface area contributed by atoms with E-state index in [2.05, 4.69) is 5.10 Å². The first-order chi connectivity index (χ1) is 7.58. The van der Waals surface area contributed by atoms with Crippen molar-refractivity contribution in [1.29, 1.82) is 0 Å². The van der Waals surface area contributed by atoms with Gasteiger partial charge >= 0.3 is 0 Å². The van der Waals surface area contributed by atoms with Gasteiger partial charge in [0.15, 0.2) is 0 Å². The Morgan fingerprint density at radius 2 is 2.12 bits per heavy atom. The zero-order valence-electron chi connectivity index (χ0n) is 9.31. The number of halogens is 1. The van der Waals surface area contributed by atoms with E-state index in [4.69, 9.17) is 5.73 Å². The van der Waals surface area contributed by atoms with E-state index in [0.717, 1.165) is 16.8 Å². The minimum Gasteiger partial charge on any atom is -0.319 e. The average Bonchev–Trinajstić information content (AvgIpc) is 2.64. The van der Waals surface area contributed by atoms with Crippen LogP contribution in [0, 0.1) is 12.7 Å². The number of aryl methyl sites for hydroxylation is 2. The molecule has 2 aromatic rings. The molecule has 84 valence electrons. The second kappa shape index (κ2) is 4.06. The fourth-order valence-electron chi connectivity index (χ4n) is 1.75. The monoisotopic (exact) mass is 219 g/mol. The van der Waals surface area contributed by atoms with Gasteiger partial charge in [0.2, 0.25) is 0 Å². The van der Waals surface area contributed by atoms with Gasteiger partial charge in [-0.1, -0.05) is 6.07 Å². The van der Waals surface area contributed by atoms with E-state index in [1.807, 2.05) is 26.2 Å². The first kappa shape index (κ1) is 10.8. The maximum Gasteiger partial charge on any atom is 0.123 e. The van der Waals surface area contributed by atoms with Crippen LogP contribution in [0.3, 0.4) is 0 Å². The van der Waals surface area contributed by atoms with E-state index in [1.165, 1.54) is 12.1 Å². The van der Waals surface area contributed by atoms with Crippen LogP contribution in [0.2, 0.25) is 0 Å². The van der Waals surface area contributed by atoms with Crippen LogP contribution in [-0.4, -0.2) is 9.78 Å². The zero-order chi connectivity index (χ0) is 11.7. The Morgan fingerprint density at radius 1 is 1.38 bits per heavy atom. The van der Waals surface area contributed by atoms with Crippen LogP contribution < -0.4 is 5.73 Å². The quantitative estimate of drug-likeness (QED) is 0.838. The van der Waals surface area contributed by atoms with Crippen molar-refractivity contribution in [2.45, 2.75) is 13.0 Å². The summed E-state index contributed by atoms with van der Waals surface area (Å²) in [4.78, 5) is 0. The molecule has 0 aliphatic rings. The fraction of sp³-hybridized carbons (Fsp3) is 0.250. The molecule has 0 amide bonds. The number of nitrogens with two attached hydrogens (primary N) is 1. The van der Waals surface area contributed by atoms with Crippen molar-refractivity contribution in [2.75, 3.05) is 0 Å². The summed E-state index contributed by atoms with van der Waals surface area (Å²) in [6.07, 6.45) is 1.84. The van der Waals surface area contributed by atoms with E-state index in [1.54, 1.807) is 10.7 Å². The number of aromatic nitrogens is 2. The molecule has 2 N–H and O–H groups in total. The predicted octanol–water partition coefficient (Wildman–Crippen LogP) is 1.92. The summed E-state index contributed by atoms with van der Waals surface area (Å²) in [5, 5.41) is 4.25. The molecule has 0 spiro atoms. The van der Waals surface area contributed by atoms with Crippen molar-refractivity contribution < 1.29 is 4.39 Å². The van der Waals surface area contributed by atoms with Gasteiger partial charge in [0.05, 0.1) is 11.7 Å². The van der Waals surface area contributed by atoms with Crippen molar-refractivity contribution in [1.82, 2.24) is 9.78 Å². The third-order valence-corrected chi connectivity index (χ3v) is 2.62. The third-order valence-electron chi connectivity index (χ3n) is 2.62.